The monoisotopic (exact) mass is 375 g/mol. The molecule has 2 aliphatic rings. The lowest BCUT2D eigenvalue weighted by Gasteiger charge is -2.32. The van der Waals surface area contributed by atoms with Crippen LogP contribution in [0.25, 0.3) is 0 Å². The molecule has 2 aliphatic heterocycles. The molecule has 0 radical (unpaired) electrons. The summed E-state index contributed by atoms with van der Waals surface area (Å²) in [5.74, 6) is 0.742. The van der Waals surface area contributed by atoms with Crippen molar-refractivity contribution in [3.05, 3.63) is 24.3 Å². The molecule has 24 heavy (non-hydrogen) atoms. The summed E-state index contributed by atoms with van der Waals surface area (Å²) in [6.45, 7) is 6.47. The molecule has 0 aromatic heterocycles. The lowest BCUT2D eigenvalue weighted by atomic mass is 9.99. The molecule has 2 N–H and O–H groups in total. The van der Waals surface area contributed by atoms with E-state index in [2.05, 4.69) is 34.6 Å². The summed E-state index contributed by atoms with van der Waals surface area (Å²) >= 11 is 0. The number of rotatable bonds is 3. The van der Waals surface area contributed by atoms with Crippen LogP contribution in [0.2, 0.25) is 0 Å². The largest absolute Gasteiger partial charge is 0.371 e. The highest BCUT2D eigenvalue weighted by molar-refractivity contribution is 5.94. The SMILES string of the molecule is CC1CCN(c2cccc(NC(=O)C3CNCCO3)c2)CC1.Cl.Cl. The number of anilines is 2. The molecule has 1 aromatic carbocycles. The minimum atomic E-state index is -0.395. The minimum Gasteiger partial charge on any atom is -0.371 e. The molecule has 1 unspecified atom stereocenters. The van der Waals surface area contributed by atoms with Gasteiger partial charge in [0.1, 0.15) is 6.10 Å². The van der Waals surface area contributed by atoms with Gasteiger partial charge in [-0.2, -0.15) is 0 Å². The summed E-state index contributed by atoms with van der Waals surface area (Å²) in [6.07, 6.45) is 2.07. The summed E-state index contributed by atoms with van der Waals surface area (Å²) in [4.78, 5) is 14.6. The van der Waals surface area contributed by atoms with Gasteiger partial charge in [0.2, 0.25) is 0 Å². The molecule has 7 heteroatoms. The molecule has 0 saturated carbocycles. The number of nitrogens with one attached hydrogen (secondary N) is 2. The molecule has 2 saturated heterocycles. The third-order valence-electron chi connectivity index (χ3n) is 4.48. The summed E-state index contributed by atoms with van der Waals surface area (Å²) < 4.78 is 5.49. The Morgan fingerprint density at radius 2 is 2.04 bits per heavy atom. The fraction of sp³-hybridized carbons (Fsp3) is 0.588. The maximum atomic E-state index is 12.2. The number of benzene rings is 1. The van der Waals surface area contributed by atoms with E-state index in [1.807, 2.05) is 12.1 Å². The molecule has 0 aliphatic carbocycles. The first-order valence-corrected chi connectivity index (χ1v) is 8.20. The summed E-state index contributed by atoms with van der Waals surface area (Å²) in [5, 5.41) is 6.14. The zero-order valence-electron chi connectivity index (χ0n) is 14.0. The number of morpholine rings is 1. The highest BCUT2D eigenvalue weighted by Gasteiger charge is 2.22. The maximum absolute atomic E-state index is 12.2. The van der Waals surface area contributed by atoms with Crippen LogP contribution in [0.4, 0.5) is 11.4 Å². The smallest absolute Gasteiger partial charge is 0.254 e. The number of nitrogens with zero attached hydrogens (tertiary/aromatic N) is 1. The average molecular weight is 376 g/mol. The van der Waals surface area contributed by atoms with Gasteiger partial charge >= 0.3 is 0 Å². The molecule has 1 atom stereocenters. The molecular formula is C17H27Cl2N3O2. The number of ether oxygens (including phenoxy) is 1. The van der Waals surface area contributed by atoms with Crippen molar-refractivity contribution in [3.63, 3.8) is 0 Å². The van der Waals surface area contributed by atoms with E-state index in [4.69, 9.17) is 4.74 Å². The van der Waals surface area contributed by atoms with Crippen molar-refractivity contribution < 1.29 is 9.53 Å². The van der Waals surface area contributed by atoms with Crippen molar-refractivity contribution in [2.75, 3.05) is 43.0 Å². The Morgan fingerprint density at radius 1 is 1.29 bits per heavy atom. The normalized spacial score (nSPS) is 21.4. The number of piperidine rings is 1. The van der Waals surface area contributed by atoms with Crippen molar-refractivity contribution in [2.45, 2.75) is 25.9 Å². The summed E-state index contributed by atoms with van der Waals surface area (Å²) in [7, 11) is 0. The van der Waals surface area contributed by atoms with Crippen molar-refractivity contribution in [1.82, 2.24) is 5.32 Å². The second-order valence-corrected chi connectivity index (χ2v) is 6.27. The molecule has 1 aromatic rings. The molecule has 1 amide bonds. The lowest BCUT2D eigenvalue weighted by molar-refractivity contribution is -0.128. The topological polar surface area (TPSA) is 53.6 Å². The van der Waals surface area contributed by atoms with Crippen molar-refractivity contribution >= 4 is 42.1 Å². The van der Waals surface area contributed by atoms with E-state index in [1.54, 1.807) is 0 Å². The van der Waals surface area contributed by atoms with Gasteiger partial charge in [-0.15, -0.1) is 24.8 Å². The van der Waals surface area contributed by atoms with Crippen LogP contribution in [0.1, 0.15) is 19.8 Å². The zero-order valence-corrected chi connectivity index (χ0v) is 15.6. The van der Waals surface area contributed by atoms with E-state index >= 15 is 0 Å². The first-order valence-electron chi connectivity index (χ1n) is 8.20. The van der Waals surface area contributed by atoms with Crippen molar-refractivity contribution in [2.24, 2.45) is 5.92 Å². The number of carbonyl (C=O) groups excluding carboxylic acids is 1. The van der Waals surface area contributed by atoms with E-state index in [0.29, 0.717) is 13.2 Å². The van der Waals surface area contributed by atoms with E-state index < -0.39 is 6.10 Å². The fourth-order valence-electron chi connectivity index (χ4n) is 3.00. The first-order chi connectivity index (χ1) is 10.7. The van der Waals surface area contributed by atoms with Gasteiger partial charge in [0, 0.05) is 37.6 Å². The van der Waals surface area contributed by atoms with Gasteiger partial charge in [0.25, 0.3) is 5.91 Å². The van der Waals surface area contributed by atoms with E-state index in [1.165, 1.54) is 18.5 Å². The highest BCUT2D eigenvalue weighted by Crippen LogP contribution is 2.25. The van der Waals surface area contributed by atoms with Crippen LogP contribution in [0.3, 0.4) is 0 Å². The van der Waals surface area contributed by atoms with Crippen molar-refractivity contribution in [3.8, 4) is 0 Å². The van der Waals surface area contributed by atoms with Crippen LogP contribution < -0.4 is 15.5 Å². The summed E-state index contributed by atoms with van der Waals surface area (Å²) in [6, 6.07) is 8.11. The van der Waals surface area contributed by atoms with Crippen LogP contribution in [0.15, 0.2) is 24.3 Å². The Kier molecular flexibility index (Phi) is 8.84. The third-order valence-corrected chi connectivity index (χ3v) is 4.48. The standard InChI is InChI=1S/C17H25N3O2.2ClH/c1-13-5-8-20(9-6-13)15-4-2-3-14(11-15)19-17(21)16-12-18-7-10-22-16;;/h2-4,11,13,16,18H,5-10,12H2,1H3,(H,19,21);2*1H. The van der Waals surface area contributed by atoms with Gasteiger partial charge in [-0.1, -0.05) is 13.0 Å². The Hall–Kier alpha value is -1.01. The van der Waals surface area contributed by atoms with Crippen LogP contribution >= 0.6 is 24.8 Å². The molecule has 5 nitrogen and oxygen atoms in total. The number of carbonyl (C=O) groups is 1. The molecule has 0 spiro atoms. The van der Waals surface area contributed by atoms with Crippen LogP contribution in [-0.4, -0.2) is 44.8 Å². The predicted octanol–water partition coefficient (Wildman–Crippen LogP) is 2.69. The van der Waals surface area contributed by atoms with Gasteiger partial charge in [-0.05, 0) is 37.0 Å². The third kappa shape index (κ3) is 5.52. The Labute approximate surface area is 156 Å². The van der Waals surface area contributed by atoms with E-state index in [9.17, 15) is 4.79 Å². The van der Waals surface area contributed by atoms with Gasteiger partial charge < -0.3 is 20.3 Å². The van der Waals surface area contributed by atoms with Crippen LogP contribution in [-0.2, 0) is 9.53 Å². The molecule has 0 bridgehead atoms. The molecule has 2 heterocycles. The number of amides is 1. The number of hydrogen-bond donors (Lipinski definition) is 2. The quantitative estimate of drug-likeness (QED) is 0.852. The minimum absolute atomic E-state index is 0. The van der Waals surface area contributed by atoms with Gasteiger partial charge in [0.05, 0.1) is 6.61 Å². The molecular weight excluding hydrogens is 349 g/mol. The van der Waals surface area contributed by atoms with Gasteiger partial charge in [-0.3, -0.25) is 4.79 Å². The number of halogens is 2. The second-order valence-electron chi connectivity index (χ2n) is 6.27. The maximum Gasteiger partial charge on any atom is 0.254 e. The highest BCUT2D eigenvalue weighted by atomic mass is 35.5. The molecule has 3 rings (SSSR count). The first kappa shape index (κ1) is 21.0. The Bertz CT molecular complexity index is 516. The zero-order chi connectivity index (χ0) is 15.4. The predicted molar refractivity (Wildman–Crippen MR) is 103 cm³/mol. The van der Waals surface area contributed by atoms with Crippen LogP contribution in [0, 0.1) is 5.92 Å². The average Bonchev–Trinajstić information content (AvgIpc) is 2.56. The van der Waals surface area contributed by atoms with Gasteiger partial charge in [0.15, 0.2) is 0 Å². The van der Waals surface area contributed by atoms with Crippen LogP contribution in [0.5, 0.6) is 0 Å². The second kappa shape index (κ2) is 10.1. The Balaban J connectivity index is 0.00000144. The molecule has 136 valence electrons. The lowest BCUT2D eigenvalue weighted by Crippen LogP contribution is -2.45. The van der Waals surface area contributed by atoms with E-state index in [-0.39, 0.29) is 30.7 Å². The number of hydrogen-bond acceptors (Lipinski definition) is 4. The Morgan fingerprint density at radius 3 is 2.71 bits per heavy atom. The van der Waals surface area contributed by atoms with Gasteiger partial charge in [-0.25, -0.2) is 0 Å². The summed E-state index contributed by atoms with van der Waals surface area (Å²) in [5.41, 5.74) is 2.03. The fourth-order valence-corrected chi connectivity index (χ4v) is 3.00. The van der Waals surface area contributed by atoms with E-state index in [0.717, 1.165) is 31.2 Å². The van der Waals surface area contributed by atoms with Crippen molar-refractivity contribution in [1.29, 1.82) is 0 Å². The molecule has 2 fully saturated rings.